The molecule has 0 spiro atoms. The van der Waals surface area contributed by atoms with Crippen LogP contribution in [0.3, 0.4) is 0 Å². The second-order valence-corrected chi connectivity index (χ2v) is 7.62. The molecule has 0 bridgehead atoms. The summed E-state index contributed by atoms with van der Waals surface area (Å²) in [6, 6.07) is 9.59. The molecule has 0 saturated carbocycles. The number of halogens is 1. The molecule has 0 aliphatic carbocycles. The number of nitrogens with zero attached hydrogens (tertiary/aromatic N) is 4. The Balaban J connectivity index is 1.35. The van der Waals surface area contributed by atoms with E-state index in [-0.39, 0.29) is 12.5 Å². The van der Waals surface area contributed by atoms with Crippen molar-refractivity contribution in [2.75, 3.05) is 62.6 Å². The minimum Gasteiger partial charge on any atom is -0.396 e. The van der Waals surface area contributed by atoms with Crippen molar-refractivity contribution in [1.29, 1.82) is 0 Å². The average molecular weight is 433 g/mol. The number of rotatable bonds is 10. The van der Waals surface area contributed by atoms with Crippen LogP contribution in [-0.4, -0.2) is 78.3 Å². The van der Waals surface area contributed by atoms with E-state index in [2.05, 4.69) is 36.5 Å². The third-order valence-electron chi connectivity index (χ3n) is 4.99. The Labute approximate surface area is 182 Å². The fourth-order valence-electron chi connectivity index (χ4n) is 3.35. The lowest BCUT2D eigenvalue weighted by Crippen LogP contribution is -2.46. The fourth-order valence-corrected chi connectivity index (χ4v) is 3.53. The second kappa shape index (κ2) is 11.7. The smallest absolute Gasteiger partial charge is 0.270 e. The predicted molar refractivity (Wildman–Crippen MR) is 119 cm³/mol. The summed E-state index contributed by atoms with van der Waals surface area (Å²) in [5.41, 5.74) is 1.50. The van der Waals surface area contributed by atoms with Gasteiger partial charge < -0.3 is 20.6 Å². The van der Waals surface area contributed by atoms with Crippen LogP contribution in [0.4, 0.5) is 11.6 Å². The summed E-state index contributed by atoms with van der Waals surface area (Å²) < 4.78 is 0. The third-order valence-corrected chi connectivity index (χ3v) is 5.22. The number of carbonyl (C=O) groups is 1. The largest absolute Gasteiger partial charge is 0.396 e. The fraction of sp³-hybridized carbons (Fsp3) is 0.476. The van der Waals surface area contributed by atoms with Crippen molar-refractivity contribution in [2.24, 2.45) is 0 Å². The first kappa shape index (κ1) is 22.3. The number of benzene rings is 1. The Morgan fingerprint density at radius 3 is 2.73 bits per heavy atom. The van der Waals surface area contributed by atoms with Gasteiger partial charge in [-0.2, -0.15) is 0 Å². The number of hydrogen-bond donors (Lipinski definition) is 3. The van der Waals surface area contributed by atoms with Crippen molar-refractivity contribution in [1.82, 2.24) is 20.2 Å². The maximum atomic E-state index is 12.0. The van der Waals surface area contributed by atoms with Crippen LogP contribution < -0.4 is 15.5 Å². The van der Waals surface area contributed by atoms with E-state index in [0.29, 0.717) is 24.6 Å². The molecular weight excluding hydrogens is 404 g/mol. The van der Waals surface area contributed by atoms with E-state index < -0.39 is 0 Å². The maximum absolute atomic E-state index is 12.0. The zero-order valence-electron chi connectivity index (χ0n) is 17.1. The molecule has 1 aromatic carbocycles. The molecular formula is C21H29ClN6O2. The standard InChI is InChI=1S/C21H29ClN6O2/c22-17-4-1-5-18(16-17)28-13-11-27(12-14-28)10-2-7-24-21-25-9-6-19(26-21)20(30)23-8-3-15-29/h1,4-6,9,16,29H,2-3,7-8,10-15H2,(H,23,30)(H,24,25,26). The van der Waals surface area contributed by atoms with Gasteiger partial charge in [-0.3, -0.25) is 9.69 Å². The maximum Gasteiger partial charge on any atom is 0.270 e. The molecule has 30 heavy (non-hydrogen) atoms. The minimum atomic E-state index is -0.258. The predicted octanol–water partition coefficient (Wildman–Crippen LogP) is 1.87. The SMILES string of the molecule is O=C(NCCCO)c1ccnc(NCCCN2CCN(c3cccc(Cl)c3)CC2)n1. The summed E-state index contributed by atoms with van der Waals surface area (Å²) in [7, 11) is 0. The molecule has 3 N–H and O–H groups in total. The molecule has 2 heterocycles. The molecule has 1 saturated heterocycles. The number of piperazine rings is 1. The van der Waals surface area contributed by atoms with E-state index in [0.717, 1.165) is 50.7 Å². The highest BCUT2D eigenvalue weighted by atomic mass is 35.5. The van der Waals surface area contributed by atoms with Crippen molar-refractivity contribution in [2.45, 2.75) is 12.8 Å². The van der Waals surface area contributed by atoms with Crippen LogP contribution in [0.15, 0.2) is 36.5 Å². The summed E-state index contributed by atoms with van der Waals surface area (Å²) in [5, 5.41) is 15.5. The topological polar surface area (TPSA) is 93.6 Å². The van der Waals surface area contributed by atoms with Crippen LogP contribution in [0, 0.1) is 0 Å². The Morgan fingerprint density at radius 2 is 1.97 bits per heavy atom. The van der Waals surface area contributed by atoms with Gasteiger partial charge in [-0.15, -0.1) is 0 Å². The highest BCUT2D eigenvalue weighted by molar-refractivity contribution is 6.30. The Morgan fingerprint density at radius 1 is 1.13 bits per heavy atom. The number of hydrogen-bond acceptors (Lipinski definition) is 7. The number of aliphatic hydroxyl groups excluding tert-OH is 1. The first-order valence-electron chi connectivity index (χ1n) is 10.3. The van der Waals surface area contributed by atoms with E-state index in [9.17, 15) is 4.79 Å². The van der Waals surface area contributed by atoms with Crippen LogP contribution in [0.5, 0.6) is 0 Å². The van der Waals surface area contributed by atoms with Crippen molar-refractivity contribution >= 4 is 29.1 Å². The molecule has 1 fully saturated rings. The molecule has 2 aromatic rings. The lowest BCUT2D eigenvalue weighted by molar-refractivity contribution is 0.0946. The van der Waals surface area contributed by atoms with Crippen LogP contribution in [0.25, 0.3) is 0 Å². The van der Waals surface area contributed by atoms with Crippen molar-refractivity contribution in [3.63, 3.8) is 0 Å². The lowest BCUT2D eigenvalue weighted by Gasteiger charge is -2.36. The first-order chi connectivity index (χ1) is 14.7. The minimum absolute atomic E-state index is 0.0481. The van der Waals surface area contributed by atoms with Gasteiger partial charge in [0.2, 0.25) is 5.95 Å². The van der Waals surface area contributed by atoms with Gasteiger partial charge in [0.25, 0.3) is 5.91 Å². The normalized spacial score (nSPS) is 14.5. The second-order valence-electron chi connectivity index (χ2n) is 7.19. The molecule has 1 aliphatic heterocycles. The summed E-state index contributed by atoms with van der Waals surface area (Å²) >= 11 is 6.10. The molecule has 0 atom stereocenters. The van der Waals surface area contributed by atoms with Gasteiger partial charge in [0.15, 0.2) is 0 Å². The van der Waals surface area contributed by atoms with Gasteiger partial charge in [0, 0.05) is 62.8 Å². The molecule has 0 unspecified atom stereocenters. The summed E-state index contributed by atoms with van der Waals surface area (Å²) in [4.78, 5) is 25.3. The molecule has 1 aliphatic rings. The highest BCUT2D eigenvalue weighted by Crippen LogP contribution is 2.20. The third kappa shape index (κ3) is 6.83. The van der Waals surface area contributed by atoms with E-state index in [4.69, 9.17) is 16.7 Å². The molecule has 3 rings (SSSR count). The number of aromatic nitrogens is 2. The van der Waals surface area contributed by atoms with Crippen LogP contribution in [0.2, 0.25) is 5.02 Å². The van der Waals surface area contributed by atoms with E-state index in [1.54, 1.807) is 12.3 Å². The van der Waals surface area contributed by atoms with Gasteiger partial charge in [0.1, 0.15) is 5.69 Å². The molecule has 162 valence electrons. The van der Waals surface area contributed by atoms with Crippen molar-refractivity contribution in [3.8, 4) is 0 Å². The Bertz CT molecular complexity index is 814. The number of amides is 1. The molecule has 1 amide bonds. The number of carbonyl (C=O) groups excluding carboxylic acids is 1. The Hall–Kier alpha value is -2.42. The van der Waals surface area contributed by atoms with Crippen molar-refractivity contribution < 1.29 is 9.90 Å². The van der Waals surface area contributed by atoms with Gasteiger partial charge in [-0.05, 0) is 43.7 Å². The van der Waals surface area contributed by atoms with Crippen LogP contribution >= 0.6 is 11.6 Å². The number of anilines is 2. The van der Waals surface area contributed by atoms with Gasteiger partial charge in [-0.25, -0.2) is 9.97 Å². The monoisotopic (exact) mass is 432 g/mol. The van der Waals surface area contributed by atoms with E-state index in [1.807, 2.05) is 18.2 Å². The lowest BCUT2D eigenvalue weighted by atomic mass is 10.2. The molecule has 8 nitrogen and oxygen atoms in total. The zero-order valence-corrected chi connectivity index (χ0v) is 17.8. The average Bonchev–Trinajstić information content (AvgIpc) is 2.77. The van der Waals surface area contributed by atoms with Gasteiger partial charge in [-0.1, -0.05) is 17.7 Å². The molecule has 1 aromatic heterocycles. The number of nitrogens with one attached hydrogen (secondary N) is 2. The van der Waals surface area contributed by atoms with Gasteiger partial charge in [0.05, 0.1) is 0 Å². The molecule has 9 heteroatoms. The summed E-state index contributed by atoms with van der Waals surface area (Å²) in [5.74, 6) is 0.196. The van der Waals surface area contributed by atoms with Crippen LogP contribution in [-0.2, 0) is 0 Å². The van der Waals surface area contributed by atoms with E-state index >= 15 is 0 Å². The highest BCUT2D eigenvalue weighted by Gasteiger charge is 2.17. The summed E-state index contributed by atoms with van der Waals surface area (Å²) in [6.07, 6.45) is 3.06. The van der Waals surface area contributed by atoms with E-state index in [1.165, 1.54) is 5.69 Å². The zero-order chi connectivity index (χ0) is 21.2. The molecule has 0 radical (unpaired) electrons. The quantitative estimate of drug-likeness (QED) is 0.493. The summed E-state index contributed by atoms with van der Waals surface area (Å²) in [6.45, 7) is 6.23. The van der Waals surface area contributed by atoms with Crippen LogP contribution in [0.1, 0.15) is 23.3 Å². The Kier molecular flexibility index (Phi) is 8.67. The first-order valence-corrected chi connectivity index (χ1v) is 10.7. The van der Waals surface area contributed by atoms with Crippen molar-refractivity contribution in [3.05, 3.63) is 47.2 Å². The van der Waals surface area contributed by atoms with Gasteiger partial charge >= 0.3 is 0 Å². The number of aliphatic hydroxyl groups is 1.